The first-order chi connectivity index (χ1) is 14.2. The third-order valence-electron chi connectivity index (χ3n) is 6.76. The zero-order valence-electron chi connectivity index (χ0n) is 17.2. The van der Waals surface area contributed by atoms with Crippen molar-refractivity contribution in [2.75, 3.05) is 39.5 Å². The van der Waals surface area contributed by atoms with E-state index in [0.29, 0.717) is 26.4 Å². The predicted octanol–water partition coefficient (Wildman–Crippen LogP) is 2.61. The molecule has 0 radical (unpaired) electrons. The van der Waals surface area contributed by atoms with Gasteiger partial charge >= 0.3 is 0 Å². The Balaban J connectivity index is 1.48. The SMILES string of the molecule is O=C(C1N(C(=O)COCc2ccccc2)CCCC12CCOCC2)N1CCCC1. The van der Waals surface area contributed by atoms with E-state index in [1.54, 1.807) is 0 Å². The molecule has 1 aromatic rings. The van der Waals surface area contributed by atoms with E-state index in [1.165, 1.54) is 0 Å². The normalized spacial score (nSPS) is 24.1. The van der Waals surface area contributed by atoms with Crippen molar-refractivity contribution in [3.8, 4) is 0 Å². The Hall–Kier alpha value is -1.92. The molecule has 158 valence electrons. The van der Waals surface area contributed by atoms with Crippen molar-refractivity contribution in [3.63, 3.8) is 0 Å². The maximum Gasteiger partial charge on any atom is 0.249 e. The van der Waals surface area contributed by atoms with E-state index in [-0.39, 0.29) is 29.9 Å². The van der Waals surface area contributed by atoms with Crippen molar-refractivity contribution in [3.05, 3.63) is 35.9 Å². The summed E-state index contributed by atoms with van der Waals surface area (Å²) < 4.78 is 11.3. The summed E-state index contributed by atoms with van der Waals surface area (Å²) in [6, 6.07) is 9.50. The average molecular weight is 401 g/mol. The zero-order chi connectivity index (χ0) is 20.1. The minimum absolute atomic E-state index is 0.0191. The lowest BCUT2D eigenvalue weighted by atomic mass is 9.67. The topological polar surface area (TPSA) is 59.1 Å². The molecule has 3 fully saturated rings. The Morgan fingerprint density at radius 3 is 2.45 bits per heavy atom. The van der Waals surface area contributed by atoms with Crippen LogP contribution in [0.3, 0.4) is 0 Å². The van der Waals surface area contributed by atoms with Gasteiger partial charge in [-0.1, -0.05) is 30.3 Å². The van der Waals surface area contributed by atoms with E-state index in [4.69, 9.17) is 9.47 Å². The van der Waals surface area contributed by atoms with Gasteiger partial charge in [0.05, 0.1) is 6.61 Å². The van der Waals surface area contributed by atoms with Crippen LogP contribution >= 0.6 is 0 Å². The molecule has 6 nitrogen and oxygen atoms in total. The number of amides is 2. The van der Waals surface area contributed by atoms with E-state index in [2.05, 4.69) is 0 Å². The van der Waals surface area contributed by atoms with E-state index >= 15 is 0 Å². The summed E-state index contributed by atoms with van der Waals surface area (Å²) in [4.78, 5) is 30.5. The van der Waals surface area contributed by atoms with E-state index in [0.717, 1.165) is 57.2 Å². The van der Waals surface area contributed by atoms with Crippen LogP contribution in [0, 0.1) is 5.41 Å². The summed E-state index contributed by atoms with van der Waals surface area (Å²) in [5.41, 5.74) is 0.898. The molecule has 29 heavy (non-hydrogen) atoms. The first kappa shape index (κ1) is 20.4. The van der Waals surface area contributed by atoms with Crippen molar-refractivity contribution in [1.29, 1.82) is 0 Å². The maximum atomic E-state index is 13.5. The number of carbonyl (C=O) groups is 2. The fourth-order valence-corrected chi connectivity index (χ4v) is 5.19. The highest BCUT2D eigenvalue weighted by Crippen LogP contribution is 2.45. The standard InChI is InChI=1S/C23H32N2O4/c26-20(18-29-17-19-7-2-1-3-8-19)25-14-6-9-23(10-15-28-16-11-23)21(25)22(27)24-12-4-5-13-24/h1-3,7-8,21H,4-6,9-18H2. The van der Waals surface area contributed by atoms with Gasteiger partial charge in [0.2, 0.25) is 11.8 Å². The van der Waals surface area contributed by atoms with E-state index in [9.17, 15) is 9.59 Å². The number of rotatable bonds is 5. The van der Waals surface area contributed by atoms with Crippen molar-refractivity contribution >= 4 is 11.8 Å². The van der Waals surface area contributed by atoms with Crippen LogP contribution in [0.15, 0.2) is 30.3 Å². The highest BCUT2D eigenvalue weighted by Gasteiger charge is 2.51. The van der Waals surface area contributed by atoms with Crippen molar-refractivity contribution in [2.45, 2.75) is 51.2 Å². The lowest BCUT2D eigenvalue weighted by Crippen LogP contribution is -2.63. The largest absolute Gasteiger partial charge is 0.381 e. The number of benzene rings is 1. The van der Waals surface area contributed by atoms with E-state index in [1.807, 2.05) is 40.1 Å². The second-order valence-electron chi connectivity index (χ2n) is 8.58. The van der Waals surface area contributed by atoms with Crippen molar-refractivity contribution < 1.29 is 19.1 Å². The summed E-state index contributed by atoms with van der Waals surface area (Å²) in [6.07, 6.45) is 5.76. The second kappa shape index (κ2) is 9.26. The highest BCUT2D eigenvalue weighted by molar-refractivity contribution is 5.89. The molecule has 0 aromatic heterocycles. The van der Waals surface area contributed by atoms with Crippen LogP contribution < -0.4 is 0 Å². The van der Waals surface area contributed by atoms with Crippen LogP contribution in [0.4, 0.5) is 0 Å². The summed E-state index contributed by atoms with van der Waals surface area (Å²) in [5.74, 6) is 0.0737. The third-order valence-corrected chi connectivity index (χ3v) is 6.76. The maximum absolute atomic E-state index is 13.5. The Bertz CT molecular complexity index is 691. The number of hydrogen-bond donors (Lipinski definition) is 0. The minimum atomic E-state index is -0.369. The Morgan fingerprint density at radius 1 is 1.00 bits per heavy atom. The van der Waals surface area contributed by atoms with Crippen LogP contribution in [-0.4, -0.2) is 67.1 Å². The molecule has 3 aliphatic heterocycles. The zero-order valence-corrected chi connectivity index (χ0v) is 17.2. The third kappa shape index (κ3) is 4.48. The van der Waals surface area contributed by atoms with Gasteiger partial charge in [0.1, 0.15) is 12.6 Å². The van der Waals surface area contributed by atoms with Gasteiger partial charge in [0.15, 0.2) is 0 Å². The Morgan fingerprint density at radius 2 is 1.72 bits per heavy atom. The lowest BCUT2D eigenvalue weighted by molar-refractivity contribution is -0.163. The number of carbonyl (C=O) groups excluding carboxylic acids is 2. The molecule has 1 unspecified atom stereocenters. The number of ether oxygens (including phenoxy) is 2. The van der Waals surface area contributed by atoms with Crippen molar-refractivity contribution in [2.24, 2.45) is 5.41 Å². The van der Waals surface area contributed by atoms with Crippen LogP contribution in [0.25, 0.3) is 0 Å². The fraction of sp³-hybridized carbons (Fsp3) is 0.652. The van der Waals surface area contributed by atoms with Crippen LogP contribution in [0.1, 0.15) is 44.1 Å². The molecule has 0 aliphatic carbocycles. The summed E-state index contributed by atoms with van der Waals surface area (Å²) in [6.45, 7) is 4.05. The monoisotopic (exact) mass is 400 g/mol. The number of likely N-dealkylation sites (tertiary alicyclic amines) is 2. The van der Waals surface area contributed by atoms with Gasteiger partial charge in [-0.25, -0.2) is 0 Å². The van der Waals surface area contributed by atoms with Crippen LogP contribution in [0.2, 0.25) is 0 Å². The first-order valence-corrected chi connectivity index (χ1v) is 11.0. The van der Waals surface area contributed by atoms with Crippen LogP contribution in [-0.2, 0) is 25.7 Å². The quantitative estimate of drug-likeness (QED) is 0.762. The summed E-state index contributed by atoms with van der Waals surface area (Å²) in [5, 5.41) is 0. The molecular weight excluding hydrogens is 368 g/mol. The highest BCUT2D eigenvalue weighted by atomic mass is 16.5. The Labute approximate surface area is 173 Å². The first-order valence-electron chi connectivity index (χ1n) is 11.0. The van der Waals surface area contributed by atoms with Gasteiger partial charge in [-0.15, -0.1) is 0 Å². The molecule has 2 amide bonds. The molecule has 1 spiro atoms. The molecule has 0 saturated carbocycles. The smallest absolute Gasteiger partial charge is 0.249 e. The number of nitrogens with zero attached hydrogens (tertiary/aromatic N) is 2. The molecule has 3 saturated heterocycles. The molecule has 3 aliphatic rings. The molecule has 1 atom stereocenters. The lowest BCUT2D eigenvalue weighted by Gasteiger charge is -2.51. The van der Waals surface area contributed by atoms with Gasteiger partial charge in [-0.3, -0.25) is 9.59 Å². The summed E-state index contributed by atoms with van der Waals surface area (Å²) >= 11 is 0. The molecule has 6 heteroatoms. The van der Waals surface area contributed by atoms with E-state index < -0.39 is 0 Å². The number of piperidine rings is 1. The van der Waals surface area contributed by atoms with Crippen LogP contribution in [0.5, 0.6) is 0 Å². The predicted molar refractivity (Wildman–Crippen MR) is 109 cm³/mol. The summed E-state index contributed by atoms with van der Waals surface area (Å²) in [7, 11) is 0. The van der Waals surface area contributed by atoms with Gasteiger partial charge in [-0.2, -0.15) is 0 Å². The fourth-order valence-electron chi connectivity index (χ4n) is 5.19. The molecule has 1 aromatic carbocycles. The molecule has 3 heterocycles. The minimum Gasteiger partial charge on any atom is -0.381 e. The molecule has 0 bridgehead atoms. The Kier molecular flexibility index (Phi) is 6.50. The number of hydrogen-bond acceptors (Lipinski definition) is 4. The van der Waals surface area contributed by atoms with Crippen molar-refractivity contribution in [1.82, 2.24) is 9.80 Å². The van der Waals surface area contributed by atoms with Gasteiger partial charge in [-0.05, 0) is 44.1 Å². The molecule has 0 N–H and O–H groups in total. The molecular formula is C23H32N2O4. The van der Waals surface area contributed by atoms with Gasteiger partial charge < -0.3 is 19.3 Å². The average Bonchev–Trinajstić information content (AvgIpc) is 3.29. The molecule has 4 rings (SSSR count). The van der Waals surface area contributed by atoms with Gasteiger partial charge in [0, 0.05) is 38.3 Å². The van der Waals surface area contributed by atoms with Gasteiger partial charge in [0.25, 0.3) is 0 Å². The second-order valence-corrected chi connectivity index (χ2v) is 8.58.